The van der Waals surface area contributed by atoms with Crippen molar-refractivity contribution in [1.82, 2.24) is 5.43 Å². The van der Waals surface area contributed by atoms with Crippen molar-refractivity contribution in [3.8, 4) is 11.5 Å². The maximum atomic E-state index is 6.10. The fraction of sp³-hybridized carbons (Fsp3) is 0. The molecule has 0 spiro atoms. The van der Waals surface area contributed by atoms with Crippen LogP contribution in [0.1, 0.15) is 5.56 Å². The Balaban J connectivity index is 1.57. The Morgan fingerprint density at radius 1 is 0.926 bits per heavy atom. The van der Waals surface area contributed by atoms with E-state index in [1.54, 1.807) is 24.4 Å². The van der Waals surface area contributed by atoms with E-state index in [4.69, 9.17) is 40.2 Å². The number of para-hydroxylation sites is 1. The molecule has 2 N–H and O–H groups in total. The van der Waals surface area contributed by atoms with Gasteiger partial charge < -0.3 is 10.1 Å². The van der Waals surface area contributed by atoms with E-state index in [1.807, 2.05) is 54.6 Å². The van der Waals surface area contributed by atoms with Crippen LogP contribution in [0, 0.1) is 0 Å². The highest BCUT2D eigenvalue weighted by Gasteiger charge is 2.03. The van der Waals surface area contributed by atoms with Gasteiger partial charge in [0.1, 0.15) is 11.5 Å². The minimum Gasteiger partial charge on any atom is -0.457 e. The van der Waals surface area contributed by atoms with Gasteiger partial charge in [-0.05, 0) is 60.2 Å². The summed E-state index contributed by atoms with van der Waals surface area (Å²) in [4.78, 5) is 0. The largest absolute Gasteiger partial charge is 0.457 e. The van der Waals surface area contributed by atoms with Crippen LogP contribution in [-0.4, -0.2) is 11.3 Å². The second-order valence-electron chi connectivity index (χ2n) is 5.44. The minimum absolute atomic E-state index is 0.312. The summed E-state index contributed by atoms with van der Waals surface area (Å²) in [5.74, 6) is 1.49. The Labute approximate surface area is 172 Å². The Hall–Kier alpha value is -2.60. The number of hydrogen-bond donors (Lipinski definition) is 2. The molecule has 3 aromatic rings. The van der Waals surface area contributed by atoms with Gasteiger partial charge in [-0.1, -0.05) is 53.5 Å². The average Bonchev–Trinajstić information content (AvgIpc) is 2.65. The van der Waals surface area contributed by atoms with Crippen molar-refractivity contribution in [3.63, 3.8) is 0 Å². The normalized spacial score (nSPS) is 10.6. The number of hydrazone groups is 1. The maximum absolute atomic E-state index is 6.10. The Kier molecular flexibility index (Phi) is 6.65. The smallest absolute Gasteiger partial charge is 0.191 e. The van der Waals surface area contributed by atoms with Gasteiger partial charge in [0.15, 0.2) is 5.11 Å². The third-order valence-electron chi connectivity index (χ3n) is 3.40. The van der Waals surface area contributed by atoms with Gasteiger partial charge in [0.25, 0.3) is 0 Å². The molecule has 0 saturated heterocycles. The molecule has 0 radical (unpaired) electrons. The summed E-state index contributed by atoms with van der Waals surface area (Å²) < 4.78 is 5.80. The van der Waals surface area contributed by atoms with Crippen molar-refractivity contribution in [2.45, 2.75) is 0 Å². The molecule has 0 unspecified atom stereocenters. The van der Waals surface area contributed by atoms with Crippen molar-refractivity contribution in [3.05, 3.63) is 88.4 Å². The molecule has 0 heterocycles. The number of ether oxygens (including phenoxy) is 1. The number of anilines is 1. The van der Waals surface area contributed by atoms with Gasteiger partial charge in [0.05, 0.1) is 16.9 Å². The molecule has 0 aromatic heterocycles. The first-order chi connectivity index (χ1) is 13.1. The lowest BCUT2D eigenvalue weighted by Gasteiger charge is -2.09. The topological polar surface area (TPSA) is 45.7 Å². The quantitative estimate of drug-likeness (QED) is 0.299. The van der Waals surface area contributed by atoms with Gasteiger partial charge >= 0.3 is 0 Å². The minimum atomic E-state index is 0.312. The van der Waals surface area contributed by atoms with Gasteiger partial charge in [-0.25, -0.2) is 0 Å². The number of thiocarbonyl (C=S) groups is 1. The fourth-order valence-corrected chi connectivity index (χ4v) is 2.81. The van der Waals surface area contributed by atoms with Gasteiger partial charge in [-0.2, -0.15) is 5.10 Å². The lowest BCUT2D eigenvalue weighted by Crippen LogP contribution is -2.24. The molecule has 27 heavy (non-hydrogen) atoms. The van der Waals surface area contributed by atoms with Crippen LogP contribution in [0.15, 0.2) is 77.9 Å². The molecule has 3 aromatic carbocycles. The van der Waals surface area contributed by atoms with Crippen LogP contribution in [0.5, 0.6) is 11.5 Å². The van der Waals surface area contributed by atoms with Crippen molar-refractivity contribution < 1.29 is 4.74 Å². The molecular formula is C20H15Cl2N3OS. The monoisotopic (exact) mass is 415 g/mol. The van der Waals surface area contributed by atoms with Crippen molar-refractivity contribution in [2.75, 3.05) is 5.32 Å². The predicted octanol–water partition coefficient (Wildman–Crippen LogP) is 6.11. The zero-order valence-corrected chi connectivity index (χ0v) is 16.4. The van der Waals surface area contributed by atoms with E-state index < -0.39 is 0 Å². The summed E-state index contributed by atoms with van der Waals surface area (Å²) >= 11 is 17.2. The molecule has 0 aliphatic rings. The molecule has 0 atom stereocenters. The maximum Gasteiger partial charge on any atom is 0.191 e. The summed E-state index contributed by atoms with van der Waals surface area (Å²) in [7, 11) is 0. The molecule has 7 heteroatoms. The Morgan fingerprint density at radius 3 is 2.48 bits per heavy atom. The number of nitrogens with one attached hydrogen (secondary N) is 2. The van der Waals surface area contributed by atoms with Crippen LogP contribution >= 0.6 is 35.4 Å². The first-order valence-corrected chi connectivity index (χ1v) is 9.15. The highest BCUT2D eigenvalue weighted by atomic mass is 35.5. The summed E-state index contributed by atoms with van der Waals surface area (Å²) in [5, 5.41) is 8.43. The number of hydrogen-bond acceptors (Lipinski definition) is 3. The van der Waals surface area contributed by atoms with Crippen LogP contribution in [0.25, 0.3) is 0 Å². The van der Waals surface area contributed by atoms with E-state index in [1.165, 1.54) is 0 Å². The summed E-state index contributed by atoms with van der Waals surface area (Å²) in [5.41, 5.74) is 4.26. The third kappa shape index (κ3) is 5.96. The van der Waals surface area contributed by atoms with Crippen LogP contribution in [-0.2, 0) is 0 Å². The summed E-state index contributed by atoms with van der Waals surface area (Å²) in [6.45, 7) is 0. The summed E-state index contributed by atoms with van der Waals surface area (Å²) in [6, 6.07) is 22.2. The third-order valence-corrected chi connectivity index (χ3v) is 4.14. The second kappa shape index (κ2) is 9.37. The SMILES string of the molecule is S=C(N/N=C\c1cccc(Oc2ccccc2)c1)Nc1ccc(Cl)cc1Cl. The molecule has 0 aliphatic carbocycles. The number of rotatable bonds is 5. The molecule has 0 amide bonds. The molecule has 0 bridgehead atoms. The molecule has 0 aliphatic heterocycles. The average molecular weight is 416 g/mol. The van der Waals surface area contributed by atoms with E-state index in [0.29, 0.717) is 20.8 Å². The standard InChI is InChI=1S/C20H15Cl2N3OS/c21-15-9-10-19(18(22)12-15)24-20(27)25-23-13-14-5-4-8-17(11-14)26-16-6-2-1-3-7-16/h1-13H,(H2,24,25,27)/b23-13-. The number of nitrogens with zero attached hydrogens (tertiary/aromatic N) is 1. The van der Waals surface area contributed by atoms with Crippen molar-refractivity contribution >= 4 is 52.4 Å². The molecule has 0 fully saturated rings. The molecule has 4 nitrogen and oxygen atoms in total. The van der Waals surface area contributed by atoms with Crippen molar-refractivity contribution in [2.24, 2.45) is 5.10 Å². The van der Waals surface area contributed by atoms with E-state index in [9.17, 15) is 0 Å². The fourth-order valence-electron chi connectivity index (χ4n) is 2.19. The first kappa shape index (κ1) is 19.2. The zero-order valence-electron chi connectivity index (χ0n) is 14.0. The second-order valence-corrected chi connectivity index (χ2v) is 6.69. The highest BCUT2D eigenvalue weighted by Crippen LogP contribution is 2.25. The van der Waals surface area contributed by atoms with E-state index in [2.05, 4.69) is 15.8 Å². The van der Waals surface area contributed by atoms with E-state index >= 15 is 0 Å². The van der Waals surface area contributed by atoms with E-state index in [-0.39, 0.29) is 0 Å². The molecular weight excluding hydrogens is 401 g/mol. The molecule has 0 saturated carbocycles. The van der Waals surface area contributed by atoms with Crippen molar-refractivity contribution in [1.29, 1.82) is 0 Å². The van der Waals surface area contributed by atoms with Crippen LogP contribution < -0.4 is 15.5 Å². The first-order valence-electron chi connectivity index (χ1n) is 7.98. The zero-order chi connectivity index (χ0) is 19.1. The van der Waals surface area contributed by atoms with Gasteiger partial charge in [0.2, 0.25) is 0 Å². The van der Waals surface area contributed by atoms with Crippen LogP contribution in [0.2, 0.25) is 10.0 Å². The van der Waals surface area contributed by atoms with Gasteiger partial charge in [0, 0.05) is 5.02 Å². The summed E-state index contributed by atoms with van der Waals surface area (Å²) in [6.07, 6.45) is 1.65. The lowest BCUT2D eigenvalue weighted by atomic mass is 10.2. The molecule has 3 rings (SSSR count). The number of halogens is 2. The van der Waals surface area contributed by atoms with Crippen LogP contribution in [0.3, 0.4) is 0 Å². The lowest BCUT2D eigenvalue weighted by molar-refractivity contribution is 0.482. The Bertz CT molecular complexity index is 964. The number of benzene rings is 3. The molecule has 136 valence electrons. The highest BCUT2D eigenvalue weighted by molar-refractivity contribution is 7.80. The van der Waals surface area contributed by atoms with Gasteiger partial charge in [-0.15, -0.1) is 0 Å². The van der Waals surface area contributed by atoms with Crippen LogP contribution in [0.4, 0.5) is 5.69 Å². The van der Waals surface area contributed by atoms with E-state index in [0.717, 1.165) is 17.1 Å². The predicted molar refractivity (Wildman–Crippen MR) is 116 cm³/mol. The Morgan fingerprint density at radius 2 is 1.70 bits per heavy atom. The van der Waals surface area contributed by atoms with Gasteiger partial charge in [-0.3, -0.25) is 5.43 Å².